The molecule has 1 aromatic carbocycles. The van der Waals surface area contributed by atoms with E-state index in [1.54, 1.807) is 11.3 Å². The van der Waals surface area contributed by atoms with Gasteiger partial charge < -0.3 is 5.32 Å². The van der Waals surface area contributed by atoms with E-state index in [1.165, 1.54) is 11.1 Å². The average Bonchev–Trinajstić information content (AvgIpc) is 3.08. The zero-order valence-electron chi connectivity index (χ0n) is 13.8. The van der Waals surface area contributed by atoms with Crippen molar-refractivity contribution in [1.82, 2.24) is 14.8 Å². The average molecular weight is 397 g/mol. The molecule has 0 bridgehead atoms. The number of hydrogen-bond acceptors (Lipinski definition) is 5. The first-order chi connectivity index (χ1) is 12.5. The number of aryl methyl sites for hydroxylation is 1. The molecular formula is C17H15ClF2N4OS. The van der Waals surface area contributed by atoms with Gasteiger partial charge in [-0.2, -0.15) is 9.78 Å². The van der Waals surface area contributed by atoms with Crippen molar-refractivity contribution >= 4 is 28.6 Å². The van der Waals surface area contributed by atoms with Crippen LogP contribution >= 0.6 is 22.9 Å². The first-order valence-electron chi connectivity index (χ1n) is 7.90. The molecule has 0 amide bonds. The molecule has 0 atom stereocenters. The summed E-state index contributed by atoms with van der Waals surface area (Å²) in [7, 11) is 0. The molecule has 2 aromatic heterocycles. The van der Waals surface area contributed by atoms with Crippen LogP contribution in [0.2, 0.25) is 5.02 Å². The van der Waals surface area contributed by atoms with E-state index in [-0.39, 0.29) is 10.7 Å². The summed E-state index contributed by atoms with van der Waals surface area (Å²) in [5.41, 5.74) is -0.507. The van der Waals surface area contributed by atoms with Crippen molar-refractivity contribution in [3.8, 4) is 5.69 Å². The van der Waals surface area contributed by atoms with Gasteiger partial charge in [-0.15, -0.1) is 11.3 Å². The minimum absolute atomic E-state index is 0.114. The minimum Gasteiger partial charge on any atom is -0.382 e. The minimum atomic E-state index is -0.896. The third-order valence-corrected chi connectivity index (χ3v) is 5.23. The number of nitrogens with one attached hydrogen (secondary N) is 1. The Kier molecular flexibility index (Phi) is 5.63. The van der Waals surface area contributed by atoms with Crippen molar-refractivity contribution in [2.24, 2.45) is 0 Å². The summed E-state index contributed by atoms with van der Waals surface area (Å²) in [4.78, 5) is 17.9. The first kappa shape index (κ1) is 18.5. The summed E-state index contributed by atoms with van der Waals surface area (Å²) < 4.78 is 27.7. The van der Waals surface area contributed by atoms with Crippen LogP contribution in [-0.4, -0.2) is 21.3 Å². The third kappa shape index (κ3) is 3.91. The fraction of sp³-hybridized carbons (Fsp3) is 0.235. The molecule has 2 heterocycles. The maximum Gasteiger partial charge on any atom is 0.292 e. The van der Waals surface area contributed by atoms with Gasteiger partial charge in [0.1, 0.15) is 16.5 Å². The van der Waals surface area contributed by atoms with E-state index < -0.39 is 17.2 Å². The second-order valence-corrected chi connectivity index (χ2v) is 7.01. The van der Waals surface area contributed by atoms with Crippen LogP contribution in [0, 0.1) is 11.6 Å². The molecule has 1 N–H and O–H groups in total. The Labute approximate surface area is 157 Å². The Morgan fingerprint density at radius 3 is 2.81 bits per heavy atom. The van der Waals surface area contributed by atoms with E-state index in [4.69, 9.17) is 11.6 Å². The molecule has 0 saturated heterocycles. The van der Waals surface area contributed by atoms with Gasteiger partial charge in [0, 0.05) is 30.1 Å². The lowest BCUT2D eigenvalue weighted by Gasteiger charge is -2.10. The van der Waals surface area contributed by atoms with Gasteiger partial charge in [0.15, 0.2) is 5.82 Å². The molecule has 0 fully saturated rings. The number of anilines is 1. The SMILES string of the molecule is CCc1cnc(CCNc2cnn(-c3ccc(F)cc3F)c(=O)c2Cl)s1. The summed E-state index contributed by atoms with van der Waals surface area (Å²) in [6, 6.07) is 2.86. The molecule has 0 unspecified atom stereocenters. The Morgan fingerprint density at radius 1 is 1.31 bits per heavy atom. The molecule has 9 heteroatoms. The maximum absolute atomic E-state index is 13.9. The van der Waals surface area contributed by atoms with Crippen LogP contribution in [-0.2, 0) is 12.8 Å². The Bertz CT molecular complexity index is 989. The van der Waals surface area contributed by atoms with Crippen molar-refractivity contribution in [3.63, 3.8) is 0 Å². The first-order valence-corrected chi connectivity index (χ1v) is 9.09. The van der Waals surface area contributed by atoms with Gasteiger partial charge in [-0.3, -0.25) is 4.79 Å². The number of hydrogen-bond donors (Lipinski definition) is 1. The summed E-state index contributed by atoms with van der Waals surface area (Å²) in [5, 5.41) is 7.83. The van der Waals surface area contributed by atoms with Crippen molar-refractivity contribution in [1.29, 1.82) is 0 Å². The lowest BCUT2D eigenvalue weighted by Crippen LogP contribution is -2.24. The smallest absolute Gasteiger partial charge is 0.292 e. The molecule has 3 aromatic rings. The molecule has 0 aliphatic heterocycles. The molecule has 0 aliphatic rings. The van der Waals surface area contributed by atoms with Gasteiger partial charge in [0.2, 0.25) is 0 Å². The van der Waals surface area contributed by atoms with Crippen molar-refractivity contribution in [2.75, 3.05) is 11.9 Å². The summed E-state index contributed by atoms with van der Waals surface area (Å²) in [6.07, 6.45) is 4.81. The number of halogens is 3. The van der Waals surface area contributed by atoms with E-state index >= 15 is 0 Å². The van der Waals surface area contributed by atoms with E-state index in [2.05, 4.69) is 22.3 Å². The van der Waals surface area contributed by atoms with Crippen molar-refractivity contribution in [3.05, 3.63) is 67.5 Å². The number of nitrogens with zero attached hydrogens (tertiary/aromatic N) is 3. The van der Waals surface area contributed by atoms with Crippen molar-refractivity contribution in [2.45, 2.75) is 19.8 Å². The van der Waals surface area contributed by atoms with Crippen LogP contribution in [0.25, 0.3) is 5.69 Å². The maximum atomic E-state index is 13.9. The zero-order chi connectivity index (χ0) is 18.7. The number of rotatable bonds is 6. The monoisotopic (exact) mass is 396 g/mol. The van der Waals surface area contributed by atoms with Crippen LogP contribution in [0.1, 0.15) is 16.8 Å². The van der Waals surface area contributed by atoms with Gasteiger partial charge in [-0.25, -0.2) is 13.8 Å². The quantitative estimate of drug-likeness (QED) is 0.687. The second kappa shape index (κ2) is 7.92. The molecule has 0 spiro atoms. The van der Waals surface area contributed by atoms with E-state index in [0.29, 0.717) is 24.7 Å². The highest BCUT2D eigenvalue weighted by Crippen LogP contribution is 2.19. The molecule has 0 aliphatic carbocycles. The molecule has 0 radical (unpaired) electrons. The Balaban J connectivity index is 1.76. The lowest BCUT2D eigenvalue weighted by molar-refractivity contribution is 0.571. The number of benzene rings is 1. The van der Waals surface area contributed by atoms with Gasteiger partial charge >= 0.3 is 0 Å². The predicted molar refractivity (Wildman–Crippen MR) is 98.4 cm³/mol. The highest BCUT2D eigenvalue weighted by atomic mass is 35.5. The Morgan fingerprint density at radius 2 is 2.12 bits per heavy atom. The highest BCUT2D eigenvalue weighted by Gasteiger charge is 2.14. The van der Waals surface area contributed by atoms with Gasteiger partial charge in [0.25, 0.3) is 5.56 Å². The lowest BCUT2D eigenvalue weighted by atomic mass is 10.3. The van der Waals surface area contributed by atoms with Gasteiger partial charge in [-0.1, -0.05) is 18.5 Å². The van der Waals surface area contributed by atoms with E-state index in [0.717, 1.165) is 28.2 Å². The second-order valence-electron chi connectivity index (χ2n) is 5.44. The summed E-state index contributed by atoms with van der Waals surface area (Å²) >= 11 is 7.73. The number of aromatic nitrogens is 3. The number of thiazole rings is 1. The largest absolute Gasteiger partial charge is 0.382 e. The third-order valence-electron chi connectivity index (χ3n) is 3.66. The topological polar surface area (TPSA) is 59.8 Å². The highest BCUT2D eigenvalue weighted by molar-refractivity contribution is 7.11. The van der Waals surface area contributed by atoms with Gasteiger partial charge in [0.05, 0.1) is 16.9 Å². The molecule has 0 saturated carbocycles. The molecule has 5 nitrogen and oxygen atoms in total. The molecular weight excluding hydrogens is 382 g/mol. The van der Waals surface area contributed by atoms with Crippen LogP contribution in [0.15, 0.2) is 35.4 Å². The van der Waals surface area contributed by atoms with Crippen LogP contribution in [0.5, 0.6) is 0 Å². The molecule has 26 heavy (non-hydrogen) atoms. The van der Waals surface area contributed by atoms with Crippen LogP contribution in [0.4, 0.5) is 14.5 Å². The van der Waals surface area contributed by atoms with E-state index in [1.807, 2.05) is 6.20 Å². The zero-order valence-corrected chi connectivity index (χ0v) is 15.4. The van der Waals surface area contributed by atoms with Crippen molar-refractivity contribution < 1.29 is 8.78 Å². The predicted octanol–water partition coefficient (Wildman–Crippen LogP) is 3.84. The normalized spacial score (nSPS) is 10.9. The fourth-order valence-electron chi connectivity index (χ4n) is 2.31. The molecule has 136 valence electrons. The fourth-order valence-corrected chi connectivity index (χ4v) is 3.37. The molecule has 3 rings (SSSR count). The Hall–Kier alpha value is -2.32. The van der Waals surface area contributed by atoms with Crippen LogP contribution in [0.3, 0.4) is 0 Å². The standard InChI is InChI=1S/C17H15ClF2N4OS/c1-2-11-8-22-15(26-11)5-6-21-13-9-23-24(17(25)16(13)18)14-4-3-10(19)7-12(14)20/h3-4,7-9,21H,2,5-6H2,1H3. The summed E-state index contributed by atoms with van der Waals surface area (Å²) in [6.45, 7) is 2.59. The van der Waals surface area contributed by atoms with E-state index in [9.17, 15) is 13.6 Å². The van der Waals surface area contributed by atoms with Crippen LogP contribution < -0.4 is 10.9 Å². The summed E-state index contributed by atoms with van der Waals surface area (Å²) in [5.74, 6) is -1.64. The van der Waals surface area contributed by atoms with Gasteiger partial charge in [-0.05, 0) is 18.6 Å².